The van der Waals surface area contributed by atoms with Gasteiger partial charge in [-0.05, 0) is 30.5 Å². The van der Waals surface area contributed by atoms with E-state index in [4.69, 9.17) is 0 Å². The molecule has 128 valence electrons. The van der Waals surface area contributed by atoms with E-state index in [0.717, 1.165) is 34.2 Å². The number of hydrogen-bond donors (Lipinski definition) is 2. The minimum absolute atomic E-state index is 0.236. The van der Waals surface area contributed by atoms with Crippen LogP contribution in [-0.2, 0) is 16.1 Å². The summed E-state index contributed by atoms with van der Waals surface area (Å²) in [6.45, 7) is 0.119. The minimum Gasteiger partial charge on any atom is -0.350 e. The van der Waals surface area contributed by atoms with Crippen LogP contribution in [0, 0.1) is 0 Å². The summed E-state index contributed by atoms with van der Waals surface area (Å²) in [5.41, 5.74) is 0.165. The number of benzene rings is 1. The van der Waals surface area contributed by atoms with Gasteiger partial charge in [0.25, 0.3) is 5.91 Å². The number of carbonyl (C=O) groups is 3. The summed E-state index contributed by atoms with van der Waals surface area (Å²) in [6, 6.07) is 7.14. The van der Waals surface area contributed by atoms with Crippen LogP contribution >= 0.6 is 15.9 Å². The number of urea groups is 1. The highest BCUT2D eigenvalue weighted by molar-refractivity contribution is 9.10. The normalized spacial score (nSPS) is 19.5. The fourth-order valence-electron chi connectivity index (χ4n) is 3.36. The third kappa shape index (κ3) is 3.45. The van der Waals surface area contributed by atoms with E-state index in [1.165, 1.54) is 0 Å². The van der Waals surface area contributed by atoms with Crippen LogP contribution in [0.15, 0.2) is 28.7 Å². The average molecular weight is 394 g/mol. The van der Waals surface area contributed by atoms with Crippen LogP contribution in [0.1, 0.15) is 37.7 Å². The molecule has 7 heteroatoms. The van der Waals surface area contributed by atoms with Crippen molar-refractivity contribution in [1.29, 1.82) is 0 Å². The molecule has 6 nitrogen and oxygen atoms in total. The van der Waals surface area contributed by atoms with E-state index in [2.05, 4.69) is 26.6 Å². The van der Waals surface area contributed by atoms with Gasteiger partial charge >= 0.3 is 6.03 Å². The highest BCUT2D eigenvalue weighted by Crippen LogP contribution is 2.33. The lowest BCUT2D eigenvalue weighted by Crippen LogP contribution is -2.49. The van der Waals surface area contributed by atoms with Crippen LogP contribution in [0.25, 0.3) is 0 Å². The van der Waals surface area contributed by atoms with E-state index in [1.54, 1.807) is 0 Å². The summed E-state index contributed by atoms with van der Waals surface area (Å²) in [4.78, 5) is 37.9. The van der Waals surface area contributed by atoms with Crippen molar-refractivity contribution in [1.82, 2.24) is 15.5 Å². The number of imide groups is 1. The Labute approximate surface area is 149 Å². The molecular weight excluding hydrogens is 374 g/mol. The Hall–Kier alpha value is -1.89. The highest BCUT2D eigenvalue weighted by Gasteiger charge is 2.51. The lowest BCUT2D eigenvalue weighted by molar-refractivity contribution is -0.135. The Kier molecular flexibility index (Phi) is 4.89. The van der Waals surface area contributed by atoms with Crippen molar-refractivity contribution in [2.45, 2.75) is 44.2 Å². The zero-order valence-electron chi connectivity index (χ0n) is 13.3. The smallest absolute Gasteiger partial charge is 0.325 e. The second kappa shape index (κ2) is 6.93. The van der Waals surface area contributed by atoms with E-state index in [0.29, 0.717) is 19.4 Å². The van der Waals surface area contributed by atoms with Crippen LogP contribution in [0.5, 0.6) is 0 Å². The van der Waals surface area contributed by atoms with Gasteiger partial charge in [-0.25, -0.2) is 4.79 Å². The van der Waals surface area contributed by atoms with E-state index in [1.807, 2.05) is 24.3 Å². The first-order valence-electron chi connectivity index (χ1n) is 8.15. The fourth-order valence-corrected chi connectivity index (χ4v) is 3.81. The molecule has 0 bridgehead atoms. The molecule has 1 saturated heterocycles. The van der Waals surface area contributed by atoms with Crippen LogP contribution < -0.4 is 10.6 Å². The predicted molar refractivity (Wildman–Crippen MR) is 92.0 cm³/mol. The van der Waals surface area contributed by atoms with Gasteiger partial charge in [0, 0.05) is 11.0 Å². The maximum atomic E-state index is 12.6. The van der Waals surface area contributed by atoms with Crippen LogP contribution in [0.2, 0.25) is 0 Å². The van der Waals surface area contributed by atoms with Gasteiger partial charge in [-0.3, -0.25) is 14.5 Å². The van der Waals surface area contributed by atoms with Crippen molar-refractivity contribution < 1.29 is 14.4 Å². The topological polar surface area (TPSA) is 78.5 Å². The first-order valence-corrected chi connectivity index (χ1v) is 8.95. The molecule has 0 radical (unpaired) electrons. The molecule has 4 amide bonds. The zero-order chi connectivity index (χ0) is 17.2. The van der Waals surface area contributed by atoms with Gasteiger partial charge in [0.15, 0.2) is 0 Å². The molecule has 0 unspecified atom stereocenters. The number of rotatable bonds is 4. The molecule has 2 aliphatic rings. The molecule has 1 aromatic rings. The predicted octanol–water partition coefficient (Wildman–Crippen LogP) is 2.32. The molecule has 1 aromatic carbocycles. The molecule has 1 aliphatic heterocycles. The first kappa shape index (κ1) is 17.0. The Morgan fingerprint density at radius 1 is 1.25 bits per heavy atom. The maximum absolute atomic E-state index is 12.6. The molecule has 2 fully saturated rings. The van der Waals surface area contributed by atoms with Crippen molar-refractivity contribution >= 4 is 33.8 Å². The number of amides is 4. The second-order valence-electron chi connectivity index (χ2n) is 6.37. The number of nitrogens with zero attached hydrogens (tertiary/aromatic N) is 1. The summed E-state index contributed by atoms with van der Waals surface area (Å²) in [6.07, 6.45) is 4.25. The van der Waals surface area contributed by atoms with Crippen molar-refractivity contribution in [2.75, 3.05) is 6.54 Å². The molecule has 1 aliphatic carbocycles. The van der Waals surface area contributed by atoms with Crippen molar-refractivity contribution in [3.8, 4) is 0 Å². The summed E-state index contributed by atoms with van der Waals surface area (Å²) < 4.78 is 0.933. The highest BCUT2D eigenvalue weighted by atomic mass is 79.9. The van der Waals surface area contributed by atoms with E-state index in [-0.39, 0.29) is 18.4 Å². The molecule has 1 saturated carbocycles. The number of halogens is 1. The van der Waals surface area contributed by atoms with Crippen molar-refractivity contribution in [3.63, 3.8) is 0 Å². The molecule has 3 rings (SSSR count). The van der Waals surface area contributed by atoms with Crippen molar-refractivity contribution in [3.05, 3.63) is 34.3 Å². The first-order chi connectivity index (χ1) is 11.5. The monoisotopic (exact) mass is 393 g/mol. The Morgan fingerprint density at radius 3 is 2.71 bits per heavy atom. The molecule has 0 aromatic heterocycles. The van der Waals surface area contributed by atoms with Gasteiger partial charge in [-0.2, -0.15) is 0 Å². The standard InChI is InChI=1S/C17H20BrN3O3/c18-13-6-4-5-12(9-13)10-19-14(22)11-21-15(23)17(20-16(21)24)7-2-1-3-8-17/h4-6,9H,1-3,7-8,10-11H2,(H,19,22)(H,20,24). The average Bonchev–Trinajstić information content (AvgIpc) is 2.78. The van der Waals surface area contributed by atoms with Gasteiger partial charge in [0.1, 0.15) is 12.1 Å². The molecular formula is C17H20BrN3O3. The maximum Gasteiger partial charge on any atom is 0.325 e. The van der Waals surface area contributed by atoms with Gasteiger partial charge in [-0.1, -0.05) is 47.3 Å². The third-order valence-electron chi connectivity index (χ3n) is 4.63. The van der Waals surface area contributed by atoms with Crippen LogP contribution in [0.3, 0.4) is 0 Å². The Morgan fingerprint density at radius 2 is 2.00 bits per heavy atom. The lowest BCUT2D eigenvalue weighted by atomic mass is 9.82. The molecule has 2 N–H and O–H groups in total. The number of nitrogens with one attached hydrogen (secondary N) is 2. The summed E-state index contributed by atoms with van der Waals surface area (Å²) >= 11 is 3.38. The van der Waals surface area contributed by atoms with Gasteiger partial charge in [-0.15, -0.1) is 0 Å². The van der Waals surface area contributed by atoms with E-state index >= 15 is 0 Å². The molecule has 1 heterocycles. The summed E-state index contributed by atoms with van der Waals surface area (Å²) in [5.74, 6) is -0.601. The zero-order valence-corrected chi connectivity index (χ0v) is 14.9. The van der Waals surface area contributed by atoms with Gasteiger partial charge in [0.05, 0.1) is 0 Å². The quantitative estimate of drug-likeness (QED) is 0.770. The largest absolute Gasteiger partial charge is 0.350 e. The summed E-state index contributed by atoms with van der Waals surface area (Å²) in [5, 5.41) is 5.56. The number of carbonyl (C=O) groups excluding carboxylic acids is 3. The second-order valence-corrected chi connectivity index (χ2v) is 7.29. The van der Waals surface area contributed by atoms with Gasteiger partial charge < -0.3 is 10.6 Å². The summed E-state index contributed by atoms with van der Waals surface area (Å²) in [7, 11) is 0. The van der Waals surface area contributed by atoms with E-state index in [9.17, 15) is 14.4 Å². The van der Waals surface area contributed by atoms with Crippen LogP contribution in [-0.4, -0.2) is 34.8 Å². The van der Waals surface area contributed by atoms with Crippen LogP contribution in [0.4, 0.5) is 4.79 Å². The SMILES string of the molecule is O=C(CN1C(=O)NC2(CCCCC2)C1=O)NCc1cccc(Br)c1. The lowest BCUT2D eigenvalue weighted by Gasteiger charge is -2.30. The third-order valence-corrected chi connectivity index (χ3v) is 5.13. The Bertz CT molecular complexity index is 671. The Balaban J connectivity index is 1.58. The molecule has 1 spiro atoms. The molecule has 24 heavy (non-hydrogen) atoms. The fraction of sp³-hybridized carbons (Fsp3) is 0.471. The molecule has 0 atom stereocenters. The minimum atomic E-state index is -0.778. The van der Waals surface area contributed by atoms with E-state index < -0.39 is 11.6 Å². The van der Waals surface area contributed by atoms with Crippen molar-refractivity contribution in [2.24, 2.45) is 0 Å². The van der Waals surface area contributed by atoms with Gasteiger partial charge in [0.2, 0.25) is 5.91 Å². The number of hydrogen-bond acceptors (Lipinski definition) is 3.